The van der Waals surface area contributed by atoms with Gasteiger partial charge >= 0.3 is 0 Å². The van der Waals surface area contributed by atoms with Crippen molar-refractivity contribution in [1.29, 1.82) is 0 Å². The molecular weight excluding hydrogens is 306 g/mol. The van der Waals surface area contributed by atoms with Crippen LogP contribution in [0.3, 0.4) is 0 Å². The summed E-state index contributed by atoms with van der Waals surface area (Å²) >= 11 is 3.21. The lowest BCUT2D eigenvalue weighted by molar-refractivity contribution is -0.128. The Balaban J connectivity index is 3.20. The van der Waals surface area contributed by atoms with Gasteiger partial charge in [0.1, 0.15) is 6.73 Å². The van der Waals surface area contributed by atoms with Crippen molar-refractivity contribution in [2.24, 2.45) is 0 Å². The van der Waals surface area contributed by atoms with Crippen LogP contribution in [0, 0.1) is 13.8 Å². The molecule has 0 atom stereocenters. The third kappa shape index (κ3) is 3.91. The van der Waals surface area contributed by atoms with Gasteiger partial charge in [-0.2, -0.15) is 0 Å². The van der Waals surface area contributed by atoms with Crippen molar-refractivity contribution in [3.8, 4) is 0 Å². The highest BCUT2D eigenvalue weighted by Crippen LogP contribution is 2.24. The first-order chi connectivity index (χ1) is 9.04. The number of allylic oxidation sites excluding steroid dienone is 1. The number of benzene rings is 1. The average molecular weight is 326 g/mol. The number of nitrogens with zero attached hydrogens (tertiary/aromatic N) is 1. The lowest BCUT2D eigenvalue weighted by Crippen LogP contribution is -2.32. The smallest absolute Gasteiger partial charge is 0.239 e. The van der Waals surface area contributed by atoms with Gasteiger partial charge in [-0.05, 0) is 26.3 Å². The van der Waals surface area contributed by atoms with Gasteiger partial charge < -0.3 is 4.74 Å². The van der Waals surface area contributed by atoms with E-state index in [0.717, 1.165) is 16.8 Å². The summed E-state index contributed by atoms with van der Waals surface area (Å²) in [6.45, 7) is 6.29. The van der Waals surface area contributed by atoms with E-state index in [9.17, 15) is 4.79 Å². The van der Waals surface area contributed by atoms with E-state index in [-0.39, 0.29) is 18.0 Å². The molecule has 0 bridgehead atoms. The predicted molar refractivity (Wildman–Crippen MR) is 82.1 cm³/mol. The Kier molecular flexibility index (Phi) is 6.25. The van der Waals surface area contributed by atoms with Crippen molar-refractivity contribution < 1.29 is 9.53 Å². The van der Waals surface area contributed by atoms with E-state index < -0.39 is 0 Å². The Bertz CT molecular complexity index is 483. The minimum Gasteiger partial charge on any atom is -0.364 e. The highest BCUT2D eigenvalue weighted by atomic mass is 79.9. The van der Waals surface area contributed by atoms with Crippen molar-refractivity contribution >= 4 is 27.5 Å². The number of alkyl halides is 1. The van der Waals surface area contributed by atoms with E-state index >= 15 is 0 Å². The van der Waals surface area contributed by atoms with E-state index in [2.05, 4.69) is 41.9 Å². The fourth-order valence-corrected chi connectivity index (χ4v) is 2.34. The minimum absolute atomic E-state index is 0.0186. The SMILES string of the molecule is CC=C(c1ccc(C)cc1C)N(COC)C(=O)CBr. The van der Waals surface area contributed by atoms with E-state index in [4.69, 9.17) is 4.74 Å². The second kappa shape index (κ2) is 7.46. The van der Waals surface area contributed by atoms with E-state index in [1.807, 2.05) is 19.1 Å². The minimum atomic E-state index is -0.0186. The molecule has 1 amide bonds. The first-order valence-electron chi connectivity index (χ1n) is 6.14. The zero-order valence-electron chi connectivity index (χ0n) is 11.9. The molecule has 0 aliphatic heterocycles. The monoisotopic (exact) mass is 325 g/mol. The molecule has 0 saturated heterocycles. The van der Waals surface area contributed by atoms with E-state index in [0.29, 0.717) is 0 Å². The normalized spacial score (nSPS) is 11.5. The van der Waals surface area contributed by atoms with Crippen molar-refractivity contribution in [3.63, 3.8) is 0 Å². The molecule has 0 aliphatic rings. The Morgan fingerprint density at radius 3 is 2.58 bits per heavy atom. The molecule has 1 rings (SSSR count). The molecule has 104 valence electrons. The number of carbonyl (C=O) groups is 1. The average Bonchev–Trinajstić information content (AvgIpc) is 2.39. The molecule has 19 heavy (non-hydrogen) atoms. The van der Waals surface area contributed by atoms with Crippen LogP contribution in [0.5, 0.6) is 0 Å². The van der Waals surface area contributed by atoms with Crippen molar-refractivity contribution in [3.05, 3.63) is 41.0 Å². The van der Waals surface area contributed by atoms with E-state index in [1.54, 1.807) is 12.0 Å². The summed E-state index contributed by atoms with van der Waals surface area (Å²) < 4.78 is 5.14. The summed E-state index contributed by atoms with van der Waals surface area (Å²) in [5.41, 5.74) is 4.29. The predicted octanol–water partition coefficient (Wildman–Crippen LogP) is 3.49. The molecule has 1 aromatic rings. The molecule has 1 aromatic carbocycles. The number of aryl methyl sites for hydroxylation is 2. The maximum Gasteiger partial charge on any atom is 0.239 e. The molecule has 0 saturated carbocycles. The molecule has 0 unspecified atom stereocenters. The number of rotatable bonds is 5. The van der Waals surface area contributed by atoms with Crippen LogP contribution in [0.2, 0.25) is 0 Å². The Morgan fingerprint density at radius 2 is 2.11 bits per heavy atom. The number of hydrogen-bond donors (Lipinski definition) is 0. The summed E-state index contributed by atoms with van der Waals surface area (Å²) in [5.74, 6) is -0.0186. The molecule has 0 radical (unpaired) electrons. The van der Waals surface area contributed by atoms with Crippen LogP contribution < -0.4 is 0 Å². The highest BCUT2D eigenvalue weighted by molar-refractivity contribution is 9.09. The van der Waals surface area contributed by atoms with Crippen LogP contribution in [0.4, 0.5) is 0 Å². The van der Waals surface area contributed by atoms with Crippen LogP contribution >= 0.6 is 15.9 Å². The molecule has 0 fully saturated rings. The molecule has 3 nitrogen and oxygen atoms in total. The first kappa shape index (κ1) is 15.9. The largest absolute Gasteiger partial charge is 0.364 e. The van der Waals surface area contributed by atoms with Gasteiger partial charge in [-0.3, -0.25) is 9.69 Å². The Morgan fingerprint density at radius 1 is 1.42 bits per heavy atom. The number of amides is 1. The van der Waals surface area contributed by atoms with Gasteiger partial charge in [0.2, 0.25) is 5.91 Å². The van der Waals surface area contributed by atoms with E-state index in [1.165, 1.54) is 5.56 Å². The summed E-state index contributed by atoms with van der Waals surface area (Å²) in [7, 11) is 1.59. The van der Waals surface area contributed by atoms with Crippen molar-refractivity contribution in [2.45, 2.75) is 20.8 Å². The quantitative estimate of drug-likeness (QED) is 0.612. The van der Waals surface area contributed by atoms with Crippen LogP contribution in [0.15, 0.2) is 24.3 Å². The lowest BCUT2D eigenvalue weighted by Gasteiger charge is -2.25. The molecule has 0 aliphatic carbocycles. The molecular formula is C15H20BrNO2. The standard InChI is InChI=1S/C15H20BrNO2/c1-5-14(17(10-19-4)15(18)9-16)13-7-6-11(2)8-12(13)3/h5-8H,9-10H2,1-4H3. The molecule has 0 spiro atoms. The Hall–Kier alpha value is -1.13. The second-order valence-electron chi connectivity index (χ2n) is 4.37. The Labute approximate surface area is 123 Å². The van der Waals surface area contributed by atoms with Gasteiger partial charge in [0, 0.05) is 18.4 Å². The van der Waals surface area contributed by atoms with Crippen molar-refractivity contribution in [1.82, 2.24) is 4.90 Å². The number of carbonyl (C=O) groups excluding carboxylic acids is 1. The zero-order valence-corrected chi connectivity index (χ0v) is 13.5. The molecule has 0 aromatic heterocycles. The van der Waals surface area contributed by atoms with Crippen LogP contribution in [0.25, 0.3) is 5.70 Å². The van der Waals surface area contributed by atoms with Crippen LogP contribution in [-0.4, -0.2) is 30.0 Å². The van der Waals surface area contributed by atoms with Gasteiger partial charge in [0.05, 0.1) is 5.33 Å². The molecule has 4 heteroatoms. The lowest BCUT2D eigenvalue weighted by atomic mass is 10.0. The maximum absolute atomic E-state index is 12.0. The van der Waals surface area contributed by atoms with Gasteiger partial charge in [0.25, 0.3) is 0 Å². The number of hydrogen-bond acceptors (Lipinski definition) is 2. The third-order valence-corrected chi connectivity index (χ3v) is 3.38. The van der Waals surface area contributed by atoms with Gasteiger partial charge in [-0.1, -0.05) is 45.8 Å². The number of ether oxygens (including phenoxy) is 1. The second-order valence-corrected chi connectivity index (χ2v) is 4.93. The van der Waals surface area contributed by atoms with Gasteiger partial charge in [-0.25, -0.2) is 0 Å². The van der Waals surface area contributed by atoms with Gasteiger partial charge in [0.15, 0.2) is 0 Å². The number of methoxy groups -OCH3 is 1. The summed E-state index contributed by atoms with van der Waals surface area (Å²) in [6.07, 6.45) is 1.94. The number of halogens is 1. The molecule has 0 heterocycles. The van der Waals surface area contributed by atoms with Gasteiger partial charge in [-0.15, -0.1) is 0 Å². The maximum atomic E-state index is 12.0. The summed E-state index contributed by atoms with van der Waals surface area (Å²) in [5, 5.41) is 0.276. The van der Waals surface area contributed by atoms with Crippen LogP contribution in [-0.2, 0) is 9.53 Å². The fourth-order valence-electron chi connectivity index (χ4n) is 2.03. The zero-order chi connectivity index (χ0) is 14.4. The fraction of sp³-hybridized carbons (Fsp3) is 0.400. The first-order valence-corrected chi connectivity index (χ1v) is 7.26. The highest BCUT2D eigenvalue weighted by Gasteiger charge is 2.18. The summed E-state index contributed by atoms with van der Waals surface area (Å²) in [6, 6.07) is 6.21. The van der Waals surface area contributed by atoms with Crippen LogP contribution in [0.1, 0.15) is 23.6 Å². The summed E-state index contributed by atoms with van der Waals surface area (Å²) in [4.78, 5) is 13.7. The van der Waals surface area contributed by atoms with Crippen molar-refractivity contribution in [2.75, 3.05) is 19.2 Å². The molecule has 0 N–H and O–H groups in total. The third-order valence-electron chi connectivity index (χ3n) is 2.90. The topological polar surface area (TPSA) is 29.5 Å².